The Morgan fingerprint density at radius 2 is 1.59 bits per heavy atom. The Bertz CT molecular complexity index is 1140. The van der Waals surface area contributed by atoms with Crippen LogP contribution in [-0.4, -0.2) is 34.5 Å². The molecule has 1 heterocycles. The van der Waals surface area contributed by atoms with E-state index in [1.807, 2.05) is 6.07 Å². The molecule has 0 saturated heterocycles. The van der Waals surface area contributed by atoms with Crippen LogP contribution in [-0.2, 0) is 16.1 Å². The molecule has 1 atom stereocenters. The van der Waals surface area contributed by atoms with Crippen LogP contribution >= 0.6 is 0 Å². The molecule has 2 aromatic carbocycles. The molecule has 32 heavy (non-hydrogen) atoms. The zero-order valence-corrected chi connectivity index (χ0v) is 17.8. The first-order valence-corrected chi connectivity index (χ1v) is 11.4. The molecule has 0 aliphatic carbocycles. The normalized spacial score (nSPS) is 13.1. The molecular weight excluding hydrogens is 448 g/mol. The number of aromatic nitrogens is 1. The van der Waals surface area contributed by atoms with Crippen molar-refractivity contribution in [2.24, 2.45) is 0 Å². The van der Waals surface area contributed by atoms with Crippen molar-refractivity contribution in [3.05, 3.63) is 72.6 Å². The molecule has 1 aromatic heterocycles. The van der Waals surface area contributed by atoms with E-state index in [0.717, 1.165) is 11.6 Å². The lowest BCUT2D eigenvalue weighted by atomic mass is 10.2. The third kappa shape index (κ3) is 6.13. The number of anilines is 2. The van der Waals surface area contributed by atoms with Crippen LogP contribution in [0.15, 0.2) is 71.9 Å². The number of benzene rings is 2. The van der Waals surface area contributed by atoms with Crippen LogP contribution < -0.4 is 14.4 Å². The zero-order valence-electron chi connectivity index (χ0n) is 17.0. The molecule has 0 amide bonds. The fourth-order valence-electron chi connectivity index (χ4n) is 2.97. The van der Waals surface area contributed by atoms with Crippen molar-refractivity contribution < 1.29 is 31.2 Å². The van der Waals surface area contributed by atoms with Crippen LogP contribution in [0.1, 0.15) is 5.56 Å². The minimum atomic E-state index is -3.23. The first-order chi connectivity index (χ1) is 15.1. The minimum absolute atomic E-state index is 0.280. The van der Waals surface area contributed by atoms with Crippen LogP contribution in [0.4, 0.5) is 28.9 Å². The van der Waals surface area contributed by atoms with E-state index in [1.165, 1.54) is 18.4 Å². The second-order valence-corrected chi connectivity index (χ2v) is 9.32. The summed E-state index contributed by atoms with van der Waals surface area (Å²) in [4.78, 5) is 6.36. The standard InChI is InChI=1S/C22H20F4N2O3S/c1-32(2,29)18-8-5-16(6-9-18)28(14-15-4-3-11-27-13-15)17-7-10-19(30-21(23)24)20(12-17)31-22(25)26/h3-13,21-22H,1,14H2,2H3. The molecule has 0 aliphatic rings. The largest absolute Gasteiger partial charge is 0.431 e. The maximum Gasteiger partial charge on any atom is 0.387 e. The van der Waals surface area contributed by atoms with E-state index in [9.17, 15) is 21.8 Å². The number of ether oxygens (including phenoxy) is 2. The molecule has 0 spiro atoms. The van der Waals surface area contributed by atoms with Gasteiger partial charge in [0.25, 0.3) is 0 Å². The summed E-state index contributed by atoms with van der Waals surface area (Å²) in [6, 6.07) is 14.1. The Balaban J connectivity index is 2.06. The smallest absolute Gasteiger partial charge is 0.387 e. The van der Waals surface area contributed by atoms with Gasteiger partial charge in [-0.2, -0.15) is 17.6 Å². The van der Waals surface area contributed by atoms with Gasteiger partial charge in [0.2, 0.25) is 0 Å². The summed E-state index contributed by atoms with van der Waals surface area (Å²) in [6.45, 7) is -6.15. The average Bonchev–Trinajstić information content (AvgIpc) is 2.73. The highest BCUT2D eigenvalue weighted by Gasteiger charge is 2.19. The van der Waals surface area contributed by atoms with Crippen molar-refractivity contribution in [3.63, 3.8) is 0 Å². The molecule has 10 heteroatoms. The number of rotatable bonds is 9. The molecule has 0 radical (unpaired) electrons. The number of nitrogens with zero attached hydrogens (tertiary/aromatic N) is 2. The number of alkyl halides is 4. The molecule has 5 nitrogen and oxygen atoms in total. The summed E-state index contributed by atoms with van der Waals surface area (Å²) >= 11 is 0. The van der Waals surface area contributed by atoms with Crippen LogP contribution in [0, 0.1) is 0 Å². The van der Waals surface area contributed by atoms with E-state index in [0.29, 0.717) is 16.3 Å². The molecule has 1 unspecified atom stereocenters. The minimum Gasteiger partial charge on any atom is -0.431 e. The predicted molar refractivity (Wildman–Crippen MR) is 116 cm³/mol. The maximum absolute atomic E-state index is 12.9. The van der Waals surface area contributed by atoms with Gasteiger partial charge in [-0.05, 0) is 63.4 Å². The van der Waals surface area contributed by atoms with Crippen molar-refractivity contribution in [1.29, 1.82) is 0 Å². The Morgan fingerprint density at radius 3 is 2.16 bits per heavy atom. The lowest BCUT2D eigenvalue weighted by Crippen LogP contribution is -2.17. The van der Waals surface area contributed by atoms with Gasteiger partial charge in [-0.3, -0.25) is 9.19 Å². The highest BCUT2D eigenvalue weighted by molar-refractivity contribution is 7.99. The zero-order chi connectivity index (χ0) is 23.3. The van der Waals surface area contributed by atoms with E-state index in [4.69, 9.17) is 0 Å². The second kappa shape index (κ2) is 9.90. The monoisotopic (exact) mass is 468 g/mol. The molecule has 0 bridgehead atoms. The Morgan fingerprint density at radius 1 is 0.969 bits per heavy atom. The fourth-order valence-corrected chi connectivity index (χ4v) is 3.68. The third-order valence-electron chi connectivity index (χ3n) is 4.38. The van der Waals surface area contributed by atoms with Gasteiger partial charge in [0, 0.05) is 47.5 Å². The Kier molecular flexibility index (Phi) is 7.24. The van der Waals surface area contributed by atoms with Crippen LogP contribution in [0.2, 0.25) is 0 Å². The first-order valence-electron chi connectivity index (χ1n) is 9.26. The Labute approximate surface area is 183 Å². The molecule has 3 aromatic rings. The maximum atomic E-state index is 12.9. The number of halogens is 4. The average molecular weight is 468 g/mol. The predicted octanol–water partition coefficient (Wildman–Crippen LogP) is 5.33. The van der Waals surface area contributed by atoms with E-state index in [1.54, 1.807) is 47.6 Å². The molecule has 0 aliphatic heterocycles. The van der Waals surface area contributed by atoms with Gasteiger partial charge < -0.3 is 14.4 Å². The van der Waals surface area contributed by atoms with Gasteiger partial charge in [-0.1, -0.05) is 6.07 Å². The summed E-state index contributed by atoms with van der Waals surface area (Å²) in [5.74, 6) is 2.62. The van der Waals surface area contributed by atoms with Crippen LogP contribution in [0.5, 0.6) is 11.5 Å². The molecule has 0 saturated carbocycles. The summed E-state index contributed by atoms with van der Waals surface area (Å²) < 4.78 is 72.0. The molecule has 170 valence electrons. The molecule has 0 fully saturated rings. The Hall–Kier alpha value is -3.27. The van der Waals surface area contributed by atoms with E-state index in [2.05, 4.69) is 20.3 Å². The van der Waals surface area contributed by atoms with Gasteiger partial charge in [-0.25, -0.2) is 0 Å². The number of hydrogen-bond acceptors (Lipinski definition) is 5. The highest BCUT2D eigenvalue weighted by atomic mass is 32.2. The number of pyridine rings is 1. The summed E-state index contributed by atoms with van der Waals surface area (Å²) in [7, 11) is -2.43. The topological polar surface area (TPSA) is 51.7 Å². The SMILES string of the molecule is C=S(C)(=O)c1ccc(N(Cc2cccnc2)c2ccc(OC(F)F)c(OC(F)F)c2)cc1. The van der Waals surface area contributed by atoms with Gasteiger partial charge >= 0.3 is 13.2 Å². The van der Waals surface area contributed by atoms with Gasteiger partial charge in [0.15, 0.2) is 11.5 Å². The van der Waals surface area contributed by atoms with Crippen LogP contribution in [0.3, 0.4) is 0 Å². The molecule has 3 rings (SSSR count). The quantitative estimate of drug-likeness (QED) is 0.314. The summed E-state index contributed by atoms with van der Waals surface area (Å²) in [6.07, 6.45) is 4.77. The van der Waals surface area contributed by atoms with Gasteiger partial charge in [0.1, 0.15) is 0 Å². The van der Waals surface area contributed by atoms with Crippen molar-refractivity contribution in [1.82, 2.24) is 4.98 Å². The van der Waals surface area contributed by atoms with Crippen molar-refractivity contribution >= 4 is 26.8 Å². The molecular formula is C22H20F4N2O3S. The molecule has 0 N–H and O–H groups in total. The number of hydrogen-bond donors (Lipinski definition) is 0. The first kappa shape index (κ1) is 23.4. The summed E-state index contributed by atoms with van der Waals surface area (Å²) in [5, 5.41) is 0. The lowest BCUT2D eigenvalue weighted by molar-refractivity contribution is -0.0692. The van der Waals surface area contributed by atoms with Crippen molar-refractivity contribution in [2.75, 3.05) is 11.2 Å². The lowest BCUT2D eigenvalue weighted by Gasteiger charge is -2.26. The van der Waals surface area contributed by atoms with Crippen molar-refractivity contribution in [3.8, 4) is 11.5 Å². The van der Waals surface area contributed by atoms with E-state index < -0.39 is 34.2 Å². The highest BCUT2D eigenvalue weighted by Crippen LogP contribution is 2.37. The van der Waals surface area contributed by atoms with Gasteiger partial charge in [-0.15, -0.1) is 0 Å². The van der Waals surface area contributed by atoms with Gasteiger partial charge in [0.05, 0.1) is 0 Å². The third-order valence-corrected chi connectivity index (χ3v) is 5.65. The van der Waals surface area contributed by atoms with E-state index in [-0.39, 0.29) is 6.54 Å². The van der Waals surface area contributed by atoms with E-state index >= 15 is 0 Å². The summed E-state index contributed by atoms with van der Waals surface area (Å²) in [5.41, 5.74) is 1.81. The van der Waals surface area contributed by atoms with Crippen LogP contribution in [0.25, 0.3) is 0 Å². The second-order valence-electron chi connectivity index (χ2n) is 6.83. The van der Waals surface area contributed by atoms with Crippen molar-refractivity contribution in [2.45, 2.75) is 24.7 Å². The fraction of sp³-hybridized carbons (Fsp3) is 0.182.